The zero-order valence-corrected chi connectivity index (χ0v) is 13.6. The first kappa shape index (κ1) is 16.0. The molecule has 22 heavy (non-hydrogen) atoms. The number of aromatic amines is 1. The third kappa shape index (κ3) is 2.95. The van der Waals surface area contributed by atoms with Crippen LogP contribution in [0.15, 0.2) is 12.3 Å². The van der Waals surface area contributed by atoms with Crippen LogP contribution in [0, 0.1) is 0 Å². The van der Waals surface area contributed by atoms with E-state index in [1.54, 1.807) is 21.3 Å². The van der Waals surface area contributed by atoms with E-state index in [2.05, 4.69) is 10.3 Å². The standard InChI is InChI=1S/C16H22N2O4/c1-9(2)18-13(19)6-10-8-17-11-7-12(20-3)15(21-4)16(22-5)14(10)11/h7-9,17H,6H2,1-5H3,(H,18,19). The molecule has 1 aromatic heterocycles. The van der Waals surface area contributed by atoms with Gasteiger partial charge in [-0.3, -0.25) is 4.79 Å². The Bertz CT molecular complexity index is 676. The highest BCUT2D eigenvalue weighted by Gasteiger charge is 2.20. The second kappa shape index (κ2) is 6.60. The summed E-state index contributed by atoms with van der Waals surface area (Å²) in [4.78, 5) is 15.2. The number of fused-ring (bicyclic) bond motifs is 1. The molecule has 2 aromatic rings. The Balaban J connectivity index is 2.51. The van der Waals surface area contributed by atoms with Crippen molar-refractivity contribution in [3.05, 3.63) is 17.8 Å². The van der Waals surface area contributed by atoms with Gasteiger partial charge in [-0.25, -0.2) is 0 Å². The molecule has 2 N–H and O–H groups in total. The fraction of sp³-hybridized carbons (Fsp3) is 0.438. The minimum Gasteiger partial charge on any atom is -0.493 e. The molecule has 0 atom stereocenters. The molecule has 0 spiro atoms. The molecule has 0 fully saturated rings. The Morgan fingerprint density at radius 2 is 1.86 bits per heavy atom. The van der Waals surface area contributed by atoms with Gasteiger partial charge in [0.2, 0.25) is 11.7 Å². The second-order valence-corrected chi connectivity index (χ2v) is 5.28. The van der Waals surface area contributed by atoms with Crippen LogP contribution in [-0.4, -0.2) is 38.3 Å². The van der Waals surface area contributed by atoms with Crippen molar-refractivity contribution in [2.75, 3.05) is 21.3 Å². The molecule has 1 heterocycles. The van der Waals surface area contributed by atoms with Crippen LogP contribution in [0.4, 0.5) is 0 Å². The molecular weight excluding hydrogens is 284 g/mol. The van der Waals surface area contributed by atoms with Crippen molar-refractivity contribution in [1.82, 2.24) is 10.3 Å². The second-order valence-electron chi connectivity index (χ2n) is 5.28. The molecule has 2 rings (SSSR count). The van der Waals surface area contributed by atoms with Crippen molar-refractivity contribution < 1.29 is 19.0 Å². The molecule has 120 valence electrons. The van der Waals surface area contributed by atoms with Crippen LogP contribution in [0.2, 0.25) is 0 Å². The quantitative estimate of drug-likeness (QED) is 0.858. The molecule has 0 unspecified atom stereocenters. The molecule has 0 saturated heterocycles. The van der Waals surface area contributed by atoms with Gasteiger partial charge in [-0.2, -0.15) is 0 Å². The van der Waals surface area contributed by atoms with Gasteiger partial charge in [-0.1, -0.05) is 0 Å². The Kier molecular flexibility index (Phi) is 4.80. The summed E-state index contributed by atoms with van der Waals surface area (Å²) in [6.07, 6.45) is 2.08. The number of rotatable bonds is 6. The Morgan fingerprint density at radius 3 is 2.41 bits per heavy atom. The van der Waals surface area contributed by atoms with E-state index in [4.69, 9.17) is 14.2 Å². The van der Waals surface area contributed by atoms with Gasteiger partial charge in [-0.15, -0.1) is 0 Å². The lowest BCUT2D eigenvalue weighted by Gasteiger charge is -2.14. The normalized spacial score (nSPS) is 10.8. The predicted molar refractivity (Wildman–Crippen MR) is 84.9 cm³/mol. The number of hydrogen-bond donors (Lipinski definition) is 2. The number of aromatic nitrogens is 1. The number of nitrogens with one attached hydrogen (secondary N) is 2. The highest BCUT2D eigenvalue weighted by atomic mass is 16.5. The lowest BCUT2D eigenvalue weighted by Crippen LogP contribution is -2.31. The molecule has 6 nitrogen and oxygen atoms in total. The van der Waals surface area contributed by atoms with Crippen molar-refractivity contribution in [3.8, 4) is 17.2 Å². The van der Waals surface area contributed by atoms with Crippen LogP contribution in [0.1, 0.15) is 19.4 Å². The number of ether oxygens (including phenoxy) is 3. The molecule has 1 aromatic carbocycles. The number of benzene rings is 1. The number of hydrogen-bond acceptors (Lipinski definition) is 4. The summed E-state index contributed by atoms with van der Waals surface area (Å²) in [6.45, 7) is 3.86. The van der Waals surface area contributed by atoms with Gasteiger partial charge in [0, 0.05) is 23.7 Å². The summed E-state index contributed by atoms with van der Waals surface area (Å²) in [6, 6.07) is 1.94. The van der Waals surface area contributed by atoms with Gasteiger partial charge < -0.3 is 24.5 Å². The van der Waals surface area contributed by atoms with Crippen molar-refractivity contribution in [1.29, 1.82) is 0 Å². The molecular formula is C16H22N2O4. The van der Waals surface area contributed by atoms with E-state index in [0.717, 1.165) is 16.5 Å². The zero-order chi connectivity index (χ0) is 16.3. The molecule has 0 saturated carbocycles. The van der Waals surface area contributed by atoms with E-state index in [9.17, 15) is 4.79 Å². The van der Waals surface area contributed by atoms with E-state index in [-0.39, 0.29) is 18.4 Å². The summed E-state index contributed by atoms with van der Waals surface area (Å²) in [5.41, 5.74) is 1.69. The van der Waals surface area contributed by atoms with Gasteiger partial charge in [0.15, 0.2) is 11.5 Å². The van der Waals surface area contributed by atoms with Crippen molar-refractivity contribution in [2.24, 2.45) is 0 Å². The summed E-state index contributed by atoms with van der Waals surface area (Å²) < 4.78 is 16.2. The van der Waals surface area contributed by atoms with Gasteiger partial charge >= 0.3 is 0 Å². The first-order valence-electron chi connectivity index (χ1n) is 7.10. The third-order valence-corrected chi connectivity index (χ3v) is 3.35. The fourth-order valence-electron chi connectivity index (χ4n) is 2.51. The Morgan fingerprint density at radius 1 is 1.18 bits per heavy atom. The van der Waals surface area contributed by atoms with Crippen LogP contribution >= 0.6 is 0 Å². The maximum atomic E-state index is 12.0. The minimum absolute atomic E-state index is 0.0345. The predicted octanol–water partition coefficient (Wildman–Crippen LogP) is 2.26. The number of carbonyl (C=O) groups is 1. The first-order valence-corrected chi connectivity index (χ1v) is 7.10. The smallest absolute Gasteiger partial charge is 0.224 e. The average molecular weight is 306 g/mol. The maximum Gasteiger partial charge on any atom is 0.224 e. The van der Waals surface area contributed by atoms with Crippen LogP contribution in [-0.2, 0) is 11.2 Å². The molecule has 0 aliphatic heterocycles. The molecule has 6 heteroatoms. The zero-order valence-electron chi connectivity index (χ0n) is 13.6. The van der Waals surface area contributed by atoms with E-state index in [1.165, 1.54) is 0 Å². The molecule has 0 bridgehead atoms. The van der Waals surface area contributed by atoms with Crippen molar-refractivity contribution in [3.63, 3.8) is 0 Å². The molecule has 1 amide bonds. The van der Waals surface area contributed by atoms with E-state index in [1.807, 2.05) is 26.1 Å². The lowest BCUT2D eigenvalue weighted by atomic mass is 10.1. The fourth-order valence-corrected chi connectivity index (χ4v) is 2.51. The van der Waals surface area contributed by atoms with Gasteiger partial charge in [0.05, 0.1) is 33.3 Å². The number of amides is 1. The van der Waals surface area contributed by atoms with Gasteiger partial charge in [0.1, 0.15) is 0 Å². The summed E-state index contributed by atoms with van der Waals surface area (Å²) >= 11 is 0. The van der Waals surface area contributed by atoms with Crippen molar-refractivity contribution >= 4 is 16.8 Å². The highest BCUT2D eigenvalue weighted by molar-refractivity contribution is 5.96. The van der Waals surface area contributed by atoms with E-state index >= 15 is 0 Å². The highest BCUT2D eigenvalue weighted by Crippen LogP contribution is 2.44. The molecule has 0 aliphatic carbocycles. The van der Waals surface area contributed by atoms with Crippen LogP contribution in [0.3, 0.4) is 0 Å². The number of carbonyl (C=O) groups excluding carboxylic acids is 1. The monoisotopic (exact) mass is 306 g/mol. The Labute approximate surface area is 129 Å². The van der Waals surface area contributed by atoms with Gasteiger partial charge in [-0.05, 0) is 19.4 Å². The Hall–Kier alpha value is -2.37. The third-order valence-electron chi connectivity index (χ3n) is 3.35. The summed E-state index contributed by atoms with van der Waals surface area (Å²) in [5, 5.41) is 3.72. The summed E-state index contributed by atoms with van der Waals surface area (Å²) in [7, 11) is 4.70. The minimum atomic E-state index is -0.0345. The van der Waals surface area contributed by atoms with E-state index in [0.29, 0.717) is 17.2 Å². The molecule has 0 aliphatic rings. The number of methoxy groups -OCH3 is 3. The maximum absolute atomic E-state index is 12.0. The van der Waals surface area contributed by atoms with E-state index < -0.39 is 0 Å². The van der Waals surface area contributed by atoms with Crippen molar-refractivity contribution in [2.45, 2.75) is 26.3 Å². The summed E-state index contributed by atoms with van der Waals surface area (Å²) in [5.74, 6) is 1.62. The topological polar surface area (TPSA) is 72.6 Å². The first-order chi connectivity index (χ1) is 10.5. The number of H-pyrrole nitrogens is 1. The average Bonchev–Trinajstić information content (AvgIpc) is 2.86. The van der Waals surface area contributed by atoms with Gasteiger partial charge in [0.25, 0.3) is 0 Å². The molecule has 0 radical (unpaired) electrons. The largest absolute Gasteiger partial charge is 0.493 e. The SMILES string of the molecule is COc1cc2[nH]cc(CC(=O)NC(C)C)c2c(OC)c1OC. The van der Waals surface area contributed by atoms with Crippen LogP contribution in [0.25, 0.3) is 10.9 Å². The van der Waals surface area contributed by atoms with Crippen LogP contribution in [0.5, 0.6) is 17.2 Å². The lowest BCUT2D eigenvalue weighted by molar-refractivity contribution is -0.120. The van der Waals surface area contributed by atoms with Crippen LogP contribution < -0.4 is 19.5 Å².